The number of fused-ring (bicyclic) bond motifs is 1. The maximum absolute atomic E-state index is 12.4. The Morgan fingerprint density at radius 3 is 2.67 bits per heavy atom. The highest BCUT2D eigenvalue weighted by Crippen LogP contribution is 2.25. The van der Waals surface area contributed by atoms with E-state index in [-0.39, 0.29) is 17.5 Å². The summed E-state index contributed by atoms with van der Waals surface area (Å²) in [6.07, 6.45) is 0.999. The van der Waals surface area contributed by atoms with Gasteiger partial charge in [0.1, 0.15) is 10.7 Å². The van der Waals surface area contributed by atoms with Gasteiger partial charge in [0.25, 0.3) is 5.56 Å². The maximum atomic E-state index is 12.4. The number of thiophene rings is 1. The zero-order chi connectivity index (χ0) is 19.6. The van der Waals surface area contributed by atoms with Gasteiger partial charge in [-0.3, -0.25) is 19.4 Å². The molecule has 3 rings (SSSR count). The highest BCUT2D eigenvalue weighted by Gasteiger charge is 2.19. The van der Waals surface area contributed by atoms with Gasteiger partial charge in [-0.15, -0.1) is 11.3 Å². The molecule has 0 unspecified atom stereocenters. The van der Waals surface area contributed by atoms with Crippen LogP contribution in [0.1, 0.15) is 36.5 Å². The molecule has 7 nitrogen and oxygen atoms in total. The van der Waals surface area contributed by atoms with Crippen molar-refractivity contribution in [2.24, 2.45) is 0 Å². The number of H-pyrrole nitrogens is 1. The Kier molecular flexibility index (Phi) is 6.29. The van der Waals surface area contributed by atoms with E-state index < -0.39 is 0 Å². The number of aryl methyl sites for hydroxylation is 2. The van der Waals surface area contributed by atoms with Crippen LogP contribution in [0.2, 0.25) is 0 Å². The molecule has 0 aromatic carbocycles. The molecule has 0 radical (unpaired) electrons. The van der Waals surface area contributed by atoms with Crippen LogP contribution in [0.3, 0.4) is 0 Å². The number of rotatable bonds is 5. The van der Waals surface area contributed by atoms with Crippen molar-refractivity contribution >= 4 is 27.5 Å². The van der Waals surface area contributed by atoms with Crippen LogP contribution in [0.25, 0.3) is 10.2 Å². The Morgan fingerprint density at radius 1 is 1.22 bits per heavy atom. The number of carbonyl (C=O) groups excluding carboxylic acids is 1. The Labute approximate surface area is 163 Å². The number of amides is 1. The van der Waals surface area contributed by atoms with Crippen LogP contribution >= 0.6 is 11.3 Å². The molecule has 2 N–H and O–H groups in total. The summed E-state index contributed by atoms with van der Waals surface area (Å²) in [5.74, 6) is 0.804. The number of aromatic amines is 1. The molecule has 0 saturated carbocycles. The summed E-state index contributed by atoms with van der Waals surface area (Å²) < 4.78 is 0. The fourth-order valence-corrected chi connectivity index (χ4v) is 4.55. The van der Waals surface area contributed by atoms with Gasteiger partial charge in [0.15, 0.2) is 0 Å². The summed E-state index contributed by atoms with van der Waals surface area (Å²) in [6.45, 7) is 12.6. The number of nitrogens with zero attached hydrogens (tertiary/aromatic N) is 3. The summed E-state index contributed by atoms with van der Waals surface area (Å²) in [5, 5.41) is 3.67. The second-order valence-electron chi connectivity index (χ2n) is 7.60. The van der Waals surface area contributed by atoms with Crippen LogP contribution in [0.4, 0.5) is 0 Å². The fourth-order valence-electron chi connectivity index (χ4n) is 3.50. The topological polar surface area (TPSA) is 81.3 Å². The third-order valence-corrected chi connectivity index (χ3v) is 6.06. The van der Waals surface area contributed by atoms with Crippen molar-refractivity contribution in [3.63, 3.8) is 0 Å². The summed E-state index contributed by atoms with van der Waals surface area (Å²) in [5.41, 5.74) is 0.985. The van der Waals surface area contributed by atoms with Gasteiger partial charge in [0.2, 0.25) is 5.91 Å². The van der Waals surface area contributed by atoms with Crippen molar-refractivity contribution in [1.82, 2.24) is 25.1 Å². The lowest BCUT2D eigenvalue weighted by Crippen LogP contribution is -2.41. The third kappa shape index (κ3) is 4.94. The molecule has 0 bridgehead atoms. The van der Waals surface area contributed by atoms with Crippen molar-refractivity contribution in [3.05, 3.63) is 26.6 Å². The summed E-state index contributed by atoms with van der Waals surface area (Å²) in [4.78, 5) is 38.5. The Balaban J connectivity index is 1.63. The van der Waals surface area contributed by atoms with Crippen molar-refractivity contribution in [3.8, 4) is 0 Å². The highest BCUT2D eigenvalue weighted by atomic mass is 32.1. The van der Waals surface area contributed by atoms with E-state index in [4.69, 9.17) is 0 Å². The Morgan fingerprint density at radius 2 is 1.93 bits per heavy atom. The first kappa shape index (κ1) is 20.0. The Hall–Kier alpha value is -1.77. The minimum absolute atomic E-state index is 0.0429. The monoisotopic (exact) mass is 391 g/mol. The molecule has 0 spiro atoms. The van der Waals surface area contributed by atoms with Gasteiger partial charge in [-0.2, -0.15) is 0 Å². The lowest BCUT2D eigenvalue weighted by Gasteiger charge is -2.21. The smallest absolute Gasteiger partial charge is 0.259 e. The second-order valence-corrected chi connectivity index (χ2v) is 8.81. The second kappa shape index (κ2) is 8.50. The molecule has 1 fully saturated rings. The first-order valence-corrected chi connectivity index (χ1v) is 10.4. The summed E-state index contributed by atoms with van der Waals surface area (Å²) >= 11 is 1.58. The molecule has 0 aliphatic carbocycles. The zero-order valence-electron chi connectivity index (χ0n) is 16.6. The number of hydrogen-bond donors (Lipinski definition) is 2. The van der Waals surface area contributed by atoms with Gasteiger partial charge in [-0.1, -0.05) is 0 Å². The van der Waals surface area contributed by atoms with Crippen molar-refractivity contribution in [2.75, 3.05) is 32.7 Å². The summed E-state index contributed by atoms with van der Waals surface area (Å²) in [7, 11) is 0. The van der Waals surface area contributed by atoms with E-state index in [0.29, 0.717) is 13.1 Å². The van der Waals surface area contributed by atoms with Crippen molar-refractivity contribution < 1.29 is 4.79 Å². The third-order valence-electron chi connectivity index (χ3n) is 4.96. The van der Waals surface area contributed by atoms with Gasteiger partial charge in [-0.05, 0) is 52.8 Å². The highest BCUT2D eigenvalue weighted by molar-refractivity contribution is 7.18. The standard InChI is InChI=1S/C19H29N5O2S/c1-12(2)20-16(25)11-24-7-5-6-23(8-9-24)10-15-21-18(26)17-13(3)14(4)27-19(17)22-15/h12H,5-11H2,1-4H3,(H,20,25)(H,21,22,26). The molecule has 3 heterocycles. The molecule has 8 heteroatoms. The molecule has 2 aromatic heterocycles. The normalized spacial score (nSPS) is 16.8. The maximum Gasteiger partial charge on any atom is 0.259 e. The SMILES string of the molecule is Cc1sc2nc(CN3CCCN(CC(=O)NC(C)C)CC3)[nH]c(=O)c2c1C. The molecular weight excluding hydrogens is 362 g/mol. The molecule has 1 amide bonds. The molecule has 27 heavy (non-hydrogen) atoms. The predicted molar refractivity (Wildman–Crippen MR) is 109 cm³/mol. The number of nitrogens with one attached hydrogen (secondary N) is 2. The van der Waals surface area contributed by atoms with E-state index in [0.717, 1.165) is 59.1 Å². The van der Waals surface area contributed by atoms with Crippen LogP contribution in [0, 0.1) is 13.8 Å². The van der Waals surface area contributed by atoms with E-state index in [1.165, 1.54) is 0 Å². The first-order valence-electron chi connectivity index (χ1n) is 9.56. The van der Waals surface area contributed by atoms with Crippen LogP contribution in [0.5, 0.6) is 0 Å². The summed E-state index contributed by atoms with van der Waals surface area (Å²) in [6, 6.07) is 0.170. The fraction of sp³-hybridized carbons (Fsp3) is 0.632. The molecule has 2 aromatic rings. The van der Waals surface area contributed by atoms with E-state index in [1.54, 1.807) is 11.3 Å². The largest absolute Gasteiger partial charge is 0.353 e. The number of hydrogen-bond acceptors (Lipinski definition) is 6. The quantitative estimate of drug-likeness (QED) is 0.810. The molecule has 148 valence electrons. The molecule has 1 aliphatic heterocycles. The molecular formula is C19H29N5O2S. The predicted octanol–water partition coefficient (Wildman–Crippen LogP) is 1.63. The average Bonchev–Trinajstić information content (AvgIpc) is 2.73. The van der Waals surface area contributed by atoms with E-state index in [2.05, 4.69) is 25.1 Å². The van der Waals surface area contributed by atoms with E-state index >= 15 is 0 Å². The van der Waals surface area contributed by atoms with Crippen LogP contribution in [0.15, 0.2) is 4.79 Å². The van der Waals surface area contributed by atoms with Crippen LogP contribution < -0.4 is 10.9 Å². The number of aromatic nitrogens is 2. The van der Waals surface area contributed by atoms with Gasteiger partial charge < -0.3 is 10.3 Å². The lowest BCUT2D eigenvalue weighted by atomic mass is 10.2. The van der Waals surface area contributed by atoms with Gasteiger partial charge in [-0.25, -0.2) is 4.98 Å². The Bertz CT molecular complexity index is 873. The average molecular weight is 392 g/mol. The van der Waals surface area contributed by atoms with Crippen LogP contribution in [-0.2, 0) is 11.3 Å². The molecule has 1 saturated heterocycles. The minimum atomic E-state index is -0.0429. The minimum Gasteiger partial charge on any atom is -0.353 e. The van der Waals surface area contributed by atoms with E-state index in [1.807, 2.05) is 27.7 Å². The lowest BCUT2D eigenvalue weighted by molar-refractivity contribution is -0.122. The van der Waals surface area contributed by atoms with Crippen molar-refractivity contribution in [1.29, 1.82) is 0 Å². The number of carbonyl (C=O) groups is 1. The van der Waals surface area contributed by atoms with Crippen molar-refractivity contribution in [2.45, 2.75) is 46.7 Å². The molecule has 1 aliphatic rings. The zero-order valence-corrected chi connectivity index (χ0v) is 17.4. The van der Waals surface area contributed by atoms with E-state index in [9.17, 15) is 9.59 Å². The first-order chi connectivity index (χ1) is 12.8. The van der Waals surface area contributed by atoms with Gasteiger partial charge >= 0.3 is 0 Å². The molecule has 0 atom stereocenters. The van der Waals surface area contributed by atoms with Gasteiger partial charge in [0, 0.05) is 24.0 Å². The van der Waals surface area contributed by atoms with Crippen LogP contribution in [-0.4, -0.2) is 64.4 Å². The van der Waals surface area contributed by atoms with Gasteiger partial charge in [0.05, 0.1) is 18.5 Å².